The molecule has 5 nitrogen and oxygen atoms in total. The number of carbonyl (C=O) groups is 1. The highest BCUT2D eigenvalue weighted by molar-refractivity contribution is 5.67. The van der Waals surface area contributed by atoms with Gasteiger partial charge in [-0.3, -0.25) is 9.69 Å². The van der Waals surface area contributed by atoms with Crippen LogP contribution in [0.2, 0.25) is 0 Å². The zero-order chi connectivity index (χ0) is 13.1. The first-order chi connectivity index (χ1) is 8.54. The largest absolute Gasteiger partial charge is 0.481 e. The summed E-state index contributed by atoms with van der Waals surface area (Å²) < 4.78 is 5.56. The predicted molar refractivity (Wildman–Crippen MR) is 66.2 cm³/mol. The van der Waals surface area contributed by atoms with Crippen molar-refractivity contribution in [2.45, 2.75) is 39.7 Å². The molecule has 5 heteroatoms. The van der Waals surface area contributed by atoms with E-state index < -0.39 is 5.97 Å². The SMILES string of the molecule is Cc1nc(CN2CCC(CC(=O)O)CC2)oc1C. The molecule has 0 radical (unpaired) electrons. The lowest BCUT2D eigenvalue weighted by molar-refractivity contribution is -0.138. The molecule has 0 aromatic carbocycles. The van der Waals surface area contributed by atoms with E-state index in [1.807, 2.05) is 13.8 Å². The predicted octanol–water partition coefficient (Wildman–Crippen LogP) is 1.98. The highest BCUT2D eigenvalue weighted by Gasteiger charge is 2.22. The topological polar surface area (TPSA) is 66.6 Å². The number of oxazole rings is 1. The first-order valence-electron chi connectivity index (χ1n) is 6.41. The van der Waals surface area contributed by atoms with Crippen molar-refractivity contribution in [3.05, 3.63) is 17.3 Å². The molecule has 0 bridgehead atoms. The van der Waals surface area contributed by atoms with Crippen LogP contribution < -0.4 is 0 Å². The van der Waals surface area contributed by atoms with Gasteiger partial charge in [0.25, 0.3) is 0 Å². The van der Waals surface area contributed by atoms with Crippen molar-refractivity contribution >= 4 is 5.97 Å². The first kappa shape index (κ1) is 13.1. The molecule has 1 aliphatic rings. The molecule has 18 heavy (non-hydrogen) atoms. The summed E-state index contributed by atoms with van der Waals surface area (Å²) in [4.78, 5) is 17.3. The zero-order valence-electron chi connectivity index (χ0n) is 11.0. The van der Waals surface area contributed by atoms with Gasteiger partial charge in [-0.05, 0) is 45.7 Å². The highest BCUT2D eigenvalue weighted by atomic mass is 16.4. The van der Waals surface area contributed by atoms with Gasteiger partial charge in [0.1, 0.15) is 5.76 Å². The molecular weight excluding hydrogens is 232 g/mol. The summed E-state index contributed by atoms with van der Waals surface area (Å²) in [6.07, 6.45) is 2.20. The molecule has 1 aromatic rings. The van der Waals surface area contributed by atoms with Crippen LogP contribution in [0.4, 0.5) is 0 Å². The van der Waals surface area contributed by atoms with E-state index in [2.05, 4.69) is 9.88 Å². The molecule has 1 aromatic heterocycles. The number of likely N-dealkylation sites (tertiary alicyclic amines) is 1. The molecule has 2 rings (SSSR count). The number of carboxylic acids is 1. The molecule has 1 N–H and O–H groups in total. The Morgan fingerprint density at radius 3 is 2.61 bits per heavy atom. The number of aryl methyl sites for hydroxylation is 2. The van der Waals surface area contributed by atoms with Crippen LogP contribution in [0.1, 0.15) is 36.6 Å². The third kappa shape index (κ3) is 3.32. The Morgan fingerprint density at radius 2 is 2.11 bits per heavy atom. The quantitative estimate of drug-likeness (QED) is 0.887. The molecule has 1 fully saturated rings. The van der Waals surface area contributed by atoms with Crippen LogP contribution in [0.25, 0.3) is 0 Å². The minimum absolute atomic E-state index is 0.297. The van der Waals surface area contributed by atoms with E-state index in [1.54, 1.807) is 0 Å². The summed E-state index contributed by atoms with van der Waals surface area (Å²) in [6.45, 7) is 6.46. The van der Waals surface area contributed by atoms with Gasteiger partial charge in [-0.2, -0.15) is 0 Å². The average Bonchev–Trinajstić information content (AvgIpc) is 2.60. The van der Waals surface area contributed by atoms with Crippen molar-refractivity contribution in [1.82, 2.24) is 9.88 Å². The summed E-state index contributed by atoms with van der Waals surface area (Å²) in [7, 11) is 0. The molecule has 0 unspecified atom stereocenters. The number of piperidine rings is 1. The summed E-state index contributed by atoms with van der Waals surface area (Å²) in [5.74, 6) is 1.28. The standard InChI is InChI=1S/C13H20N2O3/c1-9-10(2)18-12(14-9)8-15-5-3-11(4-6-15)7-13(16)17/h11H,3-8H2,1-2H3,(H,16,17). The lowest BCUT2D eigenvalue weighted by Gasteiger charge is -2.30. The van der Waals surface area contributed by atoms with Crippen molar-refractivity contribution in [3.8, 4) is 0 Å². The smallest absolute Gasteiger partial charge is 0.303 e. The van der Waals surface area contributed by atoms with Gasteiger partial charge in [-0.25, -0.2) is 4.98 Å². The van der Waals surface area contributed by atoms with Crippen LogP contribution in [-0.2, 0) is 11.3 Å². The van der Waals surface area contributed by atoms with E-state index in [1.165, 1.54) is 0 Å². The normalized spacial score (nSPS) is 18.1. The lowest BCUT2D eigenvalue weighted by atomic mass is 9.94. The minimum Gasteiger partial charge on any atom is -0.481 e. The Kier molecular flexibility index (Phi) is 4.01. The van der Waals surface area contributed by atoms with Gasteiger partial charge in [-0.1, -0.05) is 0 Å². The van der Waals surface area contributed by atoms with Crippen molar-refractivity contribution < 1.29 is 14.3 Å². The van der Waals surface area contributed by atoms with Crippen molar-refractivity contribution in [2.75, 3.05) is 13.1 Å². The molecule has 0 amide bonds. The third-order valence-electron chi connectivity index (χ3n) is 3.60. The van der Waals surface area contributed by atoms with Crippen LogP contribution in [-0.4, -0.2) is 34.0 Å². The average molecular weight is 252 g/mol. The van der Waals surface area contributed by atoms with Crippen molar-refractivity contribution in [3.63, 3.8) is 0 Å². The van der Waals surface area contributed by atoms with Crippen LogP contribution in [0.5, 0.6) is 0 Å². The van der Waals surface area contributed by atoms with Crippen molar-refractivity contribution in [1.29, 1.82) is 0 Å². The molecule has 0 atom stereocenters. The Labute approximate surface area is 107 Å². The Bertz CT molecular complexity index is 400. The van der Waals surface area contributed by atoms with E-state index >= 15 is 0 Å². The zero-order valence-corrected chi connectivity index (χ0v) is 11.0. The Hall–Kier alpha value is -1.36. The number of aromatic nitrogens is 1. The summed E-state index contributed by atoms with van der Waals surface area (Å²) in [6, 6.07) is 0. The van der Waals surface area contributed by atoms with Crippen LogP contribution >= 0.6 is 0 Å². The Morgan fingerprint density at radius 1 is 1.44 bits per heavy atom. The molecule has 0 aliphatic carbocycles. The third-order valence-corrected chi connectivity index (χ3v) is 3.60. The molecule has 1 aliphatic heterocycles. The van der Waals surface area contributed by atoms with Gasteiger partial charge >= 0.3 is 5.97 Å². The number of hydrogen-bond donors (Lipinski definition) is 1. The van der Waals surface area contributed by atoms with Gasteiger partial charge in [0.05, 0.1) is 12.2 Å². The van der Waals surface area contributed by atoms with Crippen LogP contribution in [0.15, 0.2) is 4.42 Å². The fraction of sp³-hybridized carbons (Fsp3) is 0.692. The molecule has 1 saturated heterocycles. The van der Waals surface area contributed by atoms with E-state index in [0.29, 0.717) is 12.3 Å². The van der Waals surface area contributed by atoms with Gasteiger partial charge in [-0.15, -0.1) is 0 Å². The van der Waals surface area contributed by atoms with Gasteiger partial charge < -0.3 is 9.52 Å². The van der Waals surface area contributed by atoms with Crippen LogP contribution in [0.3, 0.4) is 0 Å². The van der Waals surface area contributed by atoms with E-state index in [-0.39, 0.29) is 0 Å². The molecule has 0 spiro atoms. The molecular formula is C13H20N2O3. The van der Waals surface area contributed by atoms with Crippen LogP contribution in [0, 0.1) is 19.8 Å². The number of hydrogen-bond acceptors (Lipinski definition) is 4. The lowest BCUT2D eigenvalue weighted by Crippen LogP contribution is -2.34. The number of aliphatic carboxylic acids is 1. The Balaban J connectivity index is 1.81. The highest BCUT2D eigenvalue weighted by Crippen LogP contribution is 2.22. The second kappa shape index (κ2) is 5.52. The van der Waals surface area contributed by atoms with E-state index in [0.717, 1.165) is 49.8 Å². The summed E-state index contributed by atoms with van der Waals surface area (Å²) in [5, 5.41) is 8.76. The van der Waals surface area contributed by atoms with E-state index in [9.17, 15) is 4.79 Å². The maximum Gasteiger partial charge on any atom is 0.303 e. The number of rotatable bonds is 4. The number of carboxylic acid groups (broad SMARTS) is 1. The minimum atomic E-state index is -0.688. The molecule has 100 valence electrons. The maximum atomic E-state index is 10.6. The second-order valence-corrected chi connectivity index (χ2v) is 5.07. The van der Waals surface area contributed by atoms with Gasteiger partial charge in [0.2, 0.25) is 5.89 Å². The second-order valence-electron chi connectivity index (χ2n) is 5.07. The molecule has 0 saturated carbocycles. The van der Waals surface area contributed by atoms with Gasteiger partial charge in [0.15, 0.2) is 0 Å². The molecule has 2 heterocycles. The summed E-state index contributed by atoms with van der Waals surface area (Å²) in [5.41, 5.74) is 0.950. The monoisotopic (exact) mass is 252 g/mol. The fourth-order valence-corrected chi connectivity index (χ4v) is 2.39. The van der Waals surface area contributed by atoms with Crippen molar-refractivity contribution in [2.24, 2.45) is 5.92 Å². The van der Waals surface area contributed by atoms with Gasteiger partial charge in [0, 0.05) is 6.42 Å². The maximum absolute atomic E-state index is 10.6. The van der Waals surface area contributed by atoms with E-state index in [4.69, 9.17) is 9.52 Å². The first-order valence-corrected chi connectivity index (χ1v) is 6.41. The fourth-order valence-electron chi connectivity index (χ4n) is 2.39. The summed E-state index contributed by atoms with van der Waals surface area (Å²) >= 11 is 0. The number of nitrogens with zero attached hydrogens (tertiary/aromatic N) is 2.